The molecular formula is C11H13F3N2O2. The third-order valence-corrected chi connectivity index (χ3v) is 2.19. The molecule has 2 N–H and O–H groups in total. The summed E-state index contributed by atoms with van der Waals surface area (Å²) in [7, 11) is 0. The Morgan fingerprint density at radius 2 is 2.17 bits per heavy atom. The van der Waals surface area contributed by atoms with E-state index in [2.05, 4.69) is 10.3 Å². The van der Waals surface area contributed by atoms with Crippen molar-refractivity contribution in [2.45, 2.75) is 19.5 Å². The summed E-state index contributed by atoms with van der Waals surface area (Å²) in [6.45, 7) is 1.94. The number of aliphatic carboxylic acids is 1. The molecule has 18 heavy (non-hydrogen) atoms. The molecule has 0 aliphatic carbocycles. The average molecular weight is 262 g/mol. The van der Waals surface area contributed by atoms with Gasteiger partial charge in [-0.1, -0.05) is 13.0 Å². The van der Waals surface area contributed by atoms with Crippen LogP contribution in [0, 0.1) is 5.92 Å². The molecule has 0 aromatic carbocycles. The van der Waals surface area contributed by atoms with Gasteiger partial charge in [0.25, 0.3) is 0 Å². The van der Waals surface area contributed by atoms with E-state index in [1.807, 2.05) is 0 Å². The number of nitrogens with zero attached hydrogens (tertiary/aromatic N) is 1. The number of rotatable bonds is 5. The molecule has 0 saturated carbocycles. The zero-order valence-electron chi connectivity index (χ0n) is 9.66. The summed E-state index contributed by atoms with van der Waals surface area (Å²) in [6.07, 6.45) is -4.53. The summed E-state index contributed by atoms with van der Waals surface area (Å²) in [5.74, 6) is -1.05. The van der Waals surface area contributed by atoms with E-state index in [9.17, 15) is 18.0 Å². The van der Waals surface area contributed by atoms with Crippen molar-refractivity contribution in [1.29, 1.82) is 0 Å². The van der Waals surface area contributed by atoms with Crippen LogP contribution in [0.4, 0.5) is 19.0 Å². The van der Waals surface area contributed by atoms with E-state index < -0.39 is 17.8 Å². The van der Waals surface area contributed by atoms with Gasteiger partial charge in [-0.3, -0.25) is 4.79 Å². The third kappa shape index (κ3) is 4.60. The van der Waals surface area contributed by atoms with Gasteiger partial charge in [-0.05, 0) is 18.1 Å². The summed E-state index contributed by atoms with van der Waals surface area (Å²) in [5, 5.41) is 11.2. The second-order valence-corrected chi connectivity index (χ2v) is 3.99. The van der Waals surface area contributed by atoms with Crippen molar-refractivity contribution in [2.75, 3.05) is 11.9 Å². The Bertz CT molecular complexity index is 421. The van der Waals surface area contributed by atoms with Crippen molar-refractivity contribution in [1.82, 2.24) is 4.98 Å². The van der Waals surface area contributed by atoms with Crippen LogP contribution in [0.3, 0.4) is 0 Å². The maximum absolute atomic E-state index is 12.4. The normalized spacial score (nSPS) is 13.1. The fourth-order valence-electron chi connectivity index (χ4n) is 1.34. The molecule has 0 bridgehead atoms. The highest BCUT2D eigenvalue weighted by Crippen LogP contribution is 2.28. The van der Waals surface area contributed by atoms with Gasteiger partial charge in [0.1, 0.15) is 11.5 Å². The summed E-state index contributed by atoms with van der Waals surface area (Å²) < 4.78 is 37.1. The molecule has 0 aliphatic heterocycles. The second kappa shape index (κ2) is 5.70. The molecule has 1 atom stereocenters. The predicted molar refractivity (Wildman–Crippen MR) is 59.1 cm³/mol. The van der Waals surface area contributed by atoms with Crippen LogP contribution in [-0.4, -0.2) is 22.6 Å². The molecule has 0 radical (unpaired) electrons. The van der Waals surface area contributed by atoms with Crippen LogP contribution < -0.4 is 5.32 Å². The zero-order valence-corrected chi connectivity index (χ0v) is 9.66. The van der Waals surface area contributed by atoms with E-state index in [4.69, 9.17) is 5.11 Å². The molecule has 1 rings (SSSR count). The molecule has 0 aliphatic rings. The molecular weight excluding hydrogens is 249 g/mol. The van der Waals surface area contributed by atoms with E-state index >= 15 is 0 Å². The van der Waals surface area contributed by atoms with E-state index in [0.29, 0.717) is 0 Å². The minimum absolute atomic E-state index is 0.0496. The SMILES string of the molecule is CC(CNc1cccc(C(F)(F)F)n1)CC(=O)O. The van der Waals surface area contributed by atoms with Crippen molar-refractivity contribution in [3.63, 3.8) is 0 Å². The summed E-state index contributed by atoms with van der Waals surface area (Å²) in [5.41, 5.74) is -0.974. The van der Waals surface area contributed by atoms with Gasteiger partial charge in [-0.25, -0.2) is 4.98 Å². The number of hydrogen-bond acceptors (Lipinski definition) is 3. The topological polar surface area (TPSA) is 62.2 Å². The van der Waals surface area contributed by atoms with Crippen molar-refractivity contribution in [3.8, 4) is 0 Å². The van der Waals surface area contributed by atoms with Crippen molar-refractivity contribution in [3.05, 3.63) is 23.9 Å². The number of carboxylic acid groups (broad SMARTS) is 1. The predicted octanol–water partition coefficient (Wildman–Crippen LogP) is 2.62. The number of anilines is 1. The van der Waals surface area contributed by atoms with Crippen LogP contribution in [0.15, 0.2) is 18.2 Å². The number of hydrogen-bond donors (Lipinski definition) is 2. The number of carboxylic acids is 1. The first-order valence-electron chi connectivity index (χ1n) is 5.29. The zero-order chi connectivity index (χ0) is 13.8. The first-order chi connectivity index (χ1) is 8.29. The largest absolute Gasteiger partial charge is 0.481 e. The monoisotopic (exact) mass is 262 g/mol. The van der Waals surface area contributed by atoms with Gasteiger partial charge in [0.15, 0.2) is 0 Å². The average Bonchev–Trinajstić information content (AvgIpc) is 2.25. The van der Waals surface area contributed by atoms with E-state index in [1.165, 1.54) is 12.1 Å². The summed E-state index contributed by atoms with van der Waals surface area (Å²) >= 11 is 0. The Morgan fingerprint density at radius 3 is 2.72 bits per heavy atom. The number of aromatic nitrogens is 1. The summed E-state index contributed by atoms with van der Waals surface area (Å²) in [6, 6.07) is 3.54. The lowest BCUT2D eigenvalue weighted by atomic mass is 10.1. The lowest BCUT2D eigenvalue weighted by Crippen LogP contribution is -2.16. The Hall–Kier alpha value is -1.79. The molecule has 0 fully saturated rings. The quantitative estimate of drug-likeness (QED) is 0.856. The van der Waals surface area contributed by atoms with Crippen molar-refractivity contribution in [2.24, 2.45) is 5.92 Å². The molecule has 4 nitrogen and oxygen atoms in total. The van der Waals surface area contributed by atoms with Crippen LogP contribution in [-0.2, 0) is 11.0 Å². The smallest absolute Gasteiger partial charge is 0.433 e. The Balaban J connectivity index is 2.60. The molecule has 0 spiro atoms. The van der Waals surface area contributed by atoms with Crippen molar-refractivity contribution < 1.29 is 23.1 Å². The standard InChI is InChI=1S/C11H13F3N2O2/c1-7(5-10(17)18)6-15-9-4-2-3-8(16-9)11(12,13)14/h2-4,7H,5-6H2,1H3,(H,15,16)(H,17,18). The van der Waals surface area contributed by atoms with Gasteiger partial charge in [0, 0.05) is 13.0 Å². The first kappa shape index (κ1) is 14.3. The Morgan fingerprint density at radius 1 is 1.50 bits per heavy atom. The van der Waals surface area contributed by atoms with Crippen LogP contribution in [0.1, 0.15) is 19.0 Å². The second-order valence-electron chi connectivity index (χ2n) is 3.99. The molecule has 100 valence electrons. The molecule has 1 unspecified atom stereocenters. The maximum Gasteiger partial charge on any atom is 0.433 e. The van der Waals surface area contributed by atoms with Crippen LogP contribution in [0.5, 0.6) is 0 Å². The fourth-order valence-corrected chi connectivity index (χ4v) is 1.34. The summed E-state index contributed by atoms with van der Waals surface area (Å²) in [4.78, 5) is 13.8. The molecule has 1 aromatic heterocycles. The fraction of sp³-hybridized carbons (Fsp3) is 0.455. The molecule has 7 heteroatoms. The van der Waals surface area contributed by atoms with Gasteiger partial charge in [-0.2, -0.15) is 13.2 Å². The van der Waals surface area contributed by atoms with Crippen molar-refractivity contribution >= 4 is 11.8 Å². The number of halogens is 3. The van der Waals surface area contributed by atoms with Gasteiger partial charge >= 0.3 is 12.1 Å². The van der Waals surface area contributed by atoms with Gasteiger partial charge in [0.2, 0.25) is 0 Å². The number of pyridine rings is 1. The minimum atomic E-state index is -4.48. The highest BCUT2D eigenvalue weighted by atomic mass is 19.4. The molecule has 1 aromatic rings. The Labute approximate surface area is 102 Å². The van der Waals surface area contributed by atoms with E-state index in [-0.39, 0.29) is 24.7 Å². The lowest BCUT2D eigenvalue weighted by Gasteiger charge is -2.12. The third-order valence-electron chi connectivity index (χ3n) is 2.19. The van der Waals surface area contributed by atoms with E-state index in [0.717, 1.165) is 6.07 Å². The maximum atomic E-state index is 12.4. The number of carbonyl (C=O) groups is 1. The minimum Gasteiger partial charge on any atom is -0.481 e. The molecule has 0 saturated heterocycles. The van der Waals surface area contributed by atoms with Crippen LogP contribution in [0.25, 0.3) is 0 Å². The highest BCUT2D eigenvalue weighted by Gasteiger charge is 2.32. The van der Waals surface area contributed by atoms with Crippen LogP contribution in [0.2, 0.25) is 0 Å². The Kier molecular flexibility index (Phi) is 4.52. The lowest BCUT2D eigenvalue weighted by molar-refractivity contribution is -0.141. The van der Waals surface area contributed by atoms with Crippen LogP contribution >= 0.6 is 0 Å². The first-order valence-corrected chi connectivity index (χ1v) is 5.29. The number of alkyl halides is 3. The van der Waals surface area contributed by atoms with Gasteiger partial charge < -0.3 is 10.4 Å². The molecule has 1 heterocycles. The highest BCUT2D eigenvalue weighted by molar-refractivity contribution is 5.67. The van der Waals surface area contributed by atoms with E-state index in [1.54, 1.807) is 6.92 Å². The number of nitrogens with one attached hydrogen (secondary N) is 1. The molecule has 0 amide bonds. The van der Waals surface area contributed by atoms with Gasteiger partial charge in [-0.15, -0.1) is 0 Å². The van der Waals surface area contributed by atoms with Gasteiger partial charge in [0.05, 0.1) is 0 Å².